The van der Waals surface area contributed by atoms with E-state index in [4.69, 9.17) is 29.2 Å². The number of carbonyl (C=O) groups excluding carboxylic acids is 5. The van der Waals surface area contributed by atoms with Crippen LogP contribution in [0.2, 0.25) is 0 Å². The van der Waals surface area contributed by atoms with Gasteiger partial charge >= 0.3 is 18.0 Å². The molecule has 14 nitrogen and oxygen atoms in total. The number of nitrogens with one attached hydrogen (secondary N) is 1. The van der Waals surface area contributed by atoms with E-state index in [0.29, 0.717) is 0 Å². The van der Waals surface area contributed by atoms with Gasteiger partial charge in [-0.25, -0.2) is 9.59 Å². The lowest BCUT2D eigenvalue weighted by atomic mass is 10.0. The second-order valence-corrected chi connectivity index (χ2v) is 8.79. The molecule has 1 aromatic rings. The van der Waals surface area contributed by atoms with Gasteiger partial charge in [-0.15, -0.1) is 11.8 Å². The van der Waals surface area contributed by atoms with Gasteiger partial charge < -0.3 is 34.5 Å². The molecule has 0 aromatic carbocycles. The maximum atomic E-state index is 13.0. The first-order valence-corrected chi connectivity index (χ1v) is 11.6. The van der Waals surface area contributed by atoms with Gasteiger partial charge in [-0.3, -0.25) is 19.3 Å². The van der Waals surface area contributed by atoms with Crippen molar-refractivity contribution in [2.75, 3.05) is 26.3 Å². The van der Waals surface area contributed by atoms with Crippen LogP contribution >= 0.6 is 11.8 Å². The van der Waals surface area contributed by atoms with Crippen LogP contribution in [-0.4, -0.2) is 78.1 Å². The number of primary amides is 1. The minimum Gasteiger partial charge on any atom is -0.462 e. The topological polar surface area (TPSA) is 189 Å². The molecule has 1 aromatic heterocycles. The first kappa shape index (κ1) is 26.6. The standard InChI is InChI=1S/C21H24N4O10S/c1-10(2)19(28)34-9-35-20(29)15-11(7-33-21(22)30)8-36-18-14(17(27)25(15)18)23-16(26)13(24-31-3)12-5-4-6-32-12/h4-6,10,14,18H,7-9H2,1-3H3,(H2,22,30)(H,23,26)/b24-13-/t14-,18-/m1/s1. The van der Waals surface area contributed by atoms with Gasteiger partial charge in [0.1, 0.15) is 30.8 Å². The molecule has 0 radical (unpaired) electrons. The summed E-state index contributed by atoms with van der Waals surface area (Å²) >= 11 is 1.22. The van der Waals surface area contributed by atoms with E-state index in [1.54, 1.807) is 19.9 Å². The van der Waals surface area contributed by atoms with Crippen LogP contribution in [0.5, 0.6) is 0 Å². The molecular weight excluding hydrogens is 500 g/mol. The Labute approximate surface area is 209 Å². The van der Waals surface area contributed by atoms with Crippen LogP contribution < -0.4 is 11.1 Å². The van der Waals surface area contributed by atoms with Crippen molar-refractivity contribution in [3.8, 4) is 0 Å². The van der Waals surface area contributed by atoms with Gasteiger partial charge in [-0.2, -0.15) is 0 Å². The third-order valence-electron chi connectivity index (χ3n) is 4.93. The van der Waals surface area contributed by atoms with Crippen molar-refractivity contribution in [2.24, 2.45) is 16.8 Å². The number of thioether (sulfide) groups is 1. The van der Waals surface area contributed by atoms with Crippen molar-refractivity contribution in [1.82, 2.24) is 10.2 Å². The second kappa shape index (κ2) is 11.6. The highest BCUT2D eigenvalue weighted by Gasteiger charge is 2.55. The summed E-state index contributed by atoms with van der Waals surface area (Å²) in [4.78, 5) is 67.2. The number of nitrogens with two attached hydrogens (primary N) is 1. The van der Waals surface area contributed by atoms with Crippen molar-refractivity contribution in [1.29, 1.82) is 0 Å². The Kier molecular flexibility index (Phi) is 8.58. The van der Waals surface area contributed by atoms with E-state index in [2.05, 4.69) is 10.5 Å². The lowest BCUT2D eigenvalue weighted by molar-refractivity contribution is -0.170. The number of amides is 3. The highest BCUT2D eigenvalue weighted by molar-refractivity contribution is 8.00. The number of ether oxygens (including phenoxy) is 3. The van der Waals surface area contributed by atoms with E-state index in [9.17, 15) is 24.0 Å². The fourth-order valence-corrected chi connectivity index (χ4v) is 4.56. The molecule has 0 bridgehead atoms. The first-order valence-electron chi connectivity index (χ1n) is 10.5. The molecule has 2 aliphatic heterocycles. The zero-order chi connectivity index (χ0) is 26.4. The van der Waals surface area contributed by atoms with E-state index in [1.165, 1.54) is 31.2 Å². The van der Waals surface area contributed by atoms with E-state index in [-0.39, 0.29) is 35.1 Å². The van der Waals surface area contributed by atoms with Crippen LogP contribution in [-0.2, 0) is 38.2 Å². The Morgan fingerprint density at radius 1 is 1.28 bits per heavy atom. The molecule has 3 amide bonds. The predicted octanol–water partition coefficient (Wildman–Crippen LogP) is 0.0793. The average molecular weight is 525 g/mol. The normalized spacial score (nSPS) is 19.3. The minimum absolute atomic E-state index is 0.125. The number of esters is 2. The van der Waals surface area contributed by atoms with Crippen LogP contribution in [0.15, 0.2) is 39.2 Å². The smallest absolute Gasteiger partial charge is 0.404 e. The molecule has 0 spiro atoms. The lowest BCUT2D eigenvalue weighted by Gasteiger charge is -2.49. The van der Waals surface area contributed by atoms with Crippen LogP contribution in [0.25, 0.3) is 0 Å². The highest BCUT2D eigenvalue weighted by Crippen LogP contribution is 2.40. The number of nitrogens with zero attached hydrogens (tertiary/aromatic N) is 2. The number of β-lactam (4-membered cyclic amide) rings is 1. The van der Waals surface area contributed by atoms with Crippen molar-refractivity contribution < 1.29 is 47.4 Å². The predicted molar refractivity (Wildman–Crippen MR) is 122 cm³/mol. The van der Waals surface area contributed by atoms with Gasteiger partial charge in [0.15, 0.2) is 5.76 Å². The van der Waals surface area contributed by atoms with Gasteiger partial charge in [0.05, 0.1) is 12.2 Å². The number of carbonyl (C=O) groups is 5. The summed E-state index contributed by atoms with van der Waals surface area (Å²) < 4.78 is 19.9. The molecular formula is C21H24N4O10S. The number of hydrogen-bond acceptors (Lipinski definition) is 12. The van der Waals surface area contributed by atoms with Crippen molar-refractivity contribution in [3.63, 3.8) is 0 Å². The van der Waals surface area contributed by atoms with Crippen LogP contribution in [0.4, 0.5) is 4.79 Å². The molecule has 3 rings (SSSR count). The molecule has 2 aliphatic rings. The van der Waals surface area contributed by atoms with Gasteiger partial charge in [-0.05, 0) is 12.1 Å². The molecule has 1 saturated heterocycles. The van der Waals surface area contributed by atoms with Gasteiger partial charge in [-0.1, -0.05) is 19.0 Å². The average Bonchev–Trinajstić information content (AvgIpc) is 3.37. The minimum atomic E-state index is -1.07. The zero-order valence-corrected chi connectivity index (χ0v) is 20.4. The van der Waals surface area contributed by atoms with Crippen LogP contribution in [0, 0.1) is 5.92 Å². The number of hydrogen-bond donors (Lipinski definition) is 2. The van der Waals surface area contributed by atoms with Crippen LogP contribution in [0.1, 0.15) is 19.6 Å². The highest BCUT2D eigenvalue weighted by atomic mass is 32.2. The summed E-state index contributed by atoms with van der Waals surface area (Å²) in [6, 6.07) is 2.03. The second-order valence-electron chi connectivity index (χ2n) is 7.69. The molecule has 0 unspecified atom stereocenters. The summed E-state index contributed by atoms with van der Waals surface area (Å²) in [7, 11) is 1.25. The molecule has 0 saturated carbocycles. The Bertz CT molecular complexity index is 1100. The van der Waals surface area contributed by atoms with E-state index < -0.39 is 54.0 Å². The molecule has 2 atom stereocenters. The quantitative estimate of drug-likeness (QED) is 0.139. The molecule has 15 heteroatoms. The molecule has 3 N–H and O–H groups in total. The fraction of sp³-hybridized carbons (Fsp3) is 0.429. The zero-order valence-electron chi connectivity index (χ0n) is 19.5. The fourth-order valence-electron chi connectivity index (χ4n) is 3.23. The summed E-state index contributed by atoms with van der Waals surface area (Å²) in [5, 5.41) is 5.54. The molecule has 3 heterocycles. The Morgan fingerprint density at radius 3 is 2.64 bits per heavy atom. The van der Waals surface area contributed by atoms with E-state index in [1.807, 2.05) is 0 Å². The number of furan rings is 1. The van der Waals surface area contributed by atoms with Crippen molar-refractivity contribution >= 4 is 47.3 Å². The Hall–Kier alpha value is -4.01. The lowest BCUT2D eigenvalue weighted by Crippen LogP contribution is -2.71. The van der Waals surface area contributed by atoms with E-state index in [0.717, 1.165) is 4.90 Å². The van der Waals surface area contributed by atoms with E-state index >= 15 is 0 Å². The maximum Gasteiger partial charge on any atom is 0.404 e. The summed E-state index contributed by atoms with van der Waals surface area (Å²) in [6.45, 7) is 2.17. The monoisotopic (exact) mass is 524 g/mol. The Balaban J connectivity index is 1.76. The van der Waals surface area contributed by atoms with Gasteiger partial charge in [0, 0.05) is 11.3 Å². The molecule has 1 fully saturated rings. The summed E-state index contributed by atoms with van der Waals surface area (Å²) in [5.74, 6) is -3.08. The third-order valence-corrected chi connectivity index (χ3v) is 6.27. The van der Waals surface area contributed by atoms with Crippen molar-refractivity contribution in [3.05, 3.63) is 35.4 Å². The van der Waals surface area contributed by atoms with Crippen molar-refractivity contribution in [2.45, 2.75) is 25.3 Å². The number of fused-ring (bicyclic) bond motifs is 1. The summed E-state index contributed by atoms with van der Waals surface area (Å²) in [5.41, 5.74) is 4.91. The molecule has 36 heavy (non-hydrogen) atoms. The number of oxime groups is 1. The maximum absolute atomic E-state index is 13.0. The first-order chi connectivity index (χ1) is 17.1. The van der Waals surface area contributed by atoms with Crippen LogP contribution in [0.3, 0.4) is 0 Å². The summed E-state index contributed by atoms with van der Waals surface area (Å²) in [6.07, 6.45) is 0.272. The largest absolute Gasteiger partial charge is 0.462 e. The van der Waals surface area contributed by atoms with Gasteiger partial charge in [0.25, 0.3) is 11.8 Å². The Morgan fingerprint density at radius 2 is 2.03 bits per heavy atom. The van der Waals surface area contributed by atoms with Gasteiger partial charge in [0.2, 0.25) is 12.5 Å². The molecule has 0 aliphatic carbocycles. The SMILES string of the molecule is CO/N=C(\C(=O)N[C@@H]1C(=O)N2C(C(=O)OCOC(=O)C(C)C)=C(COC(N)=O)CS[C@H]12)c1ccco1. The third kappa shape index (κ3) is 5.79. The number of rotatable bonds is 10. The molecule has 194 valence electrons.